The fraction of sp³-hybridized carbons (Fsp3) is 0. The second-order valence-corrected chi connectivity index (χ2v) is 6.68. The molecule has 0 fully saturated rings. The predicted molar refractivity (Wildman–Crippen MR) is 117 cm³/mol. The number of aromatic nitrogens is 7. The number of carbonyl (C=O) groups is 1. The molecule has 0 aliphatic carbocycles. The van der Waals surface area contributed by atoms with Gasteiger partial charge < -0.3 is 15.0 Å². The fourth-order valence-electron chi connectivity index (χ4n) is 3.10. The lowest BCUT2D eigenvalue weighted by Gasteiger charge is -2.07. The molecule has 4 aromatic heterocycles. The van der Waals surface area contributed by atoms with Crippen molar-refractivity contribution in [3.8, 4) is 28.6 Å². The third kappa shape index (κ3) is 3.79. The Morgan fingerprint density at radius 1 is 1.19 bits per heavy atom. The van der Waals surface area contributed by atoms with Crippen LogP contribution < -0.4 is 10.1 Å². The molecule has 0 aliphatic rings. The number of nitrogens with one attached hydrogen (secondary N) is 2. The summed E-state index contributed by atoms with van der Waals surface area (Å²) in [6, 6.07) is 10.7. The average Bonchev–Trinajstić information content (AvgIpc) is 3.50. The highest BCUT2D eigenvalue weighted by atomic mass is 16.5. The third-order valence-electron chi connectivity index (χ3n) is 4.58. The number of amides is 1. The Morgan fingerprint density at radius 3 is 2.91 bits per heavy atom. The van der Waals surface area contributed by atoms with E-state index >= 15 is 0 Å². The number of aromatic amines is 1. The lowest BCUT2D eigenvalue weighted by atomic mass is 10.1. The lowest BCUT2D eigenvalue weighted by Crippen LogP contribution is -2.07. The molecule has 0 spiro atoms. The maximum absolute atomic E-state index is 11.5. The van der Waals surface area contributed by atoms with Crippen LogP contribution in [0.3, 0.4) is 0 Å². The quantitative estimate of drug-likeness (QED) is 0.400. The molecule has 0 saturated carbocycles. The van der Waals surface area contributed by atoms with Gasteiger partial charge in [0.2, 0.25) is 11.8 Å². The number of rotatable bonds is 6. The van der Waals surface area contributed by atoms with Crippen molar-refractivity contribution in [2.24, 2.45) is 0 Å². The predicted octanol–water partition coefficient (Wildman–Crippen LogP) is 3.52. The van der Waals surface area contributed by atoms with Gasteiger partial charge in [-0.1, -0.05) is 12.6 Å². The van der Waals surface area contributed by atoms with Gasteiger partial charge in [0.1, 0.15) is 23.9 Å². The Labute approximate surface area is 181 Å². The number of fused-ring (bicyclic) bond motifs is 1. The molecule has 0 saturated heterocycles. The molecule has 0 unspecified atom stereocenters. The minimum atomic E-state index is -0.302. The molecule has 32 heavy (non-hydrogen) atoms. The molecule has 1 amide bonds. The van der Waals surface area contributed by atoms with Crippen molar-refractivity contribution in [1.82, 2.24) is 34.7 Å². The fourth-order valence-corrected chi connectivity index (χ4v) is 3.10. The van der Waals surface area contributed by atoms with Crippen LogP contribution in [0.1, 0.15) is 0 Å². The summed E-state index contributed by atoms with van der Waals surface area (Å²) in [4.78, 5) is 32.0. The first-order valence-electron chi connectivity index (χ1n) is 9.56. The van der Waals surface area contributed by atoms with E-state index < -0.39 is 0 Å². The summed E-state index contributed by atoms with van der Waals surface area (Å²) in [5.41, 5.74) is 3.55. The van der Waals surface area contributed by atoms with Gasteiger partial charge >= 0.3 is 0 Å². The zero-order chi connectivity index (χ0) is 21.9. The van der Waals surface area contributed by atoms with E-state index in [2.05, 4.69) is 41.9 Å². The highest BCUT2D eigenvalue weighted by molar-refractivity contribution is 5.99. The Kier molecular flexibility index (Phi) is 4.85. The standard InChI is InChI=1S/C22H16N8O2/c1-2-19(31)28-15-4-3-5-16(8-15)32-20-11-26-22-21(29-20)17(10-25-22)14-6-7-18(24-9-14)30-13-23-12-27-30/h2-13H,1H2,(H,25,26)(H,28,31). The van der Waals surface area contributed by atoms with Crippen LogP contribution in [0.25, 0.3) is 28.1 Å². The van der Waals surface area contributed by atoms with Crippen molar-refractivity contribution in [1.29, 1.82) is 0 Å². The maximum Gasteiger partial charge on any atom is 0.247 e. The lowest BCUT2D eigenvalue weighted by molar-refractivity contribution is -0.111. The molecule has 0 bridgehead atoms. The highest BCUT2D eigenvalue weighted by Crippen LogP contribution is 2.29. The summed E-state index contributed by atoms with van der Waals surface area (Å²) in [7, 11) is 0. The van der Waals surface area contributed by atoms with Crippen molar-refractivity contribution in [2.45, 2.75) is 0 Å². The molecule has 1 aromatic carbocycles. The van der Waals surface area contributed by atoms with Crippen LogP contribution in [-0.2, 0) is 4.79 Å². The molecule has 2 N–H and O–H groups in total. The first-order chi connectivity index (χ1) is 15.7. The summed E-state index contributed by atoms with van der Waals surface area (Å²) in [6.07, 6.45) is 9.33. The molecule has 5 rings (SSSR count). The van der Waals surface area contributed by atoms with Crippen LogP contribution in [0.4, 0.5) is 5.69 Å². The Bertz CT molecular complexity index is 1410. The number of hydrogen-bond donors (Lipinski definition) is 2. The van der Waals surface area contributed by atoms with E-state index in [0.717, 1.165) is 11.1 Å². The van der Waals surface area contributed by atoms with E-state index in [1.807, 2.05) is 18.3 Å². The van der Waals surface area contributed by atoms with Crippen LogP contribution in [0.5, 0.6) is 11.6 Å². The molecular formula is C22H16N8O2. The number of nitrogens with zero attached hydrogens (tertiary/aromatic N) is 6. The second-order valence-electron chi connectivity index (χ2n) is 6.68. The molecule has 10 nitrogen and oxygen atoms in total. The monoisotopic (exact) mass is 424 g/mol. The maximum atomic E-state index is 11.5. The molecule has 0 aliphatic heterocycles. The van der Waals surface area contributed by atoms with E-state index in [4.69, 9.17) is 4.74 Å². The van der Waals surface area contributed by atoms with E-state index in [-0.39, 0.29) is 5.91 Å². The van der Waals surface area contributed by atoms with Crippen LogP contribution in [-0.4, -0.2) is 40.6 Å². The summed E-state index contributed by atoms with van der Waals surface area (Å²) >= 11 is 0. The third-order valence-corrected chi connectivity index (χ3v) is 4.58. The topological polar surface area (TPSA) is 124 Å². The van der Waals surface area contributed by atoms with Gasteiger partial charge in [-0.25, -0.2) is 24.6 Å². The molecule has 0 atom stereocenters. The summed E-state index contributed by atoms with van der Waals surface area (Å²) < 4.78 is 7.45. The zero-order valence-electron chi connectivity index (χ0n) is 16.6. The molecule has 5 aromatic rings. The van der Waals surface area contributed by atoms with Crippen LogP contribution >= 0.6 is 0 Å². The number of carbonyl (C=O) groups excluding carboxylic acids is 1. The van der Waals surface area contributed by atoms with E-state index in [9.17, 15) is 4.79 Å². The number of hydrogen-bond acceptors (Lipinski definition) is 7. The van der Waals surface area contributed by atoms with Gasteiger partial charge in [0, 0.05) is 35.3 Å². The summed E-state index contributed by atoms with van der Waals surface area (Å²) in [6.45, 7) is 3.45. The number of benzene rings is 1. The van der Waals surface area contributed by atoms with Crippen LogP contribution in [0.2, 0.25) is 0 Å². The minimum absolute atomic E-state index is 0.302. The van der Waals surface area contributed by atoms with Gasteiger partial charge in [0.05, 0.1) is 6.20 Å². The van der Waals surface area contributed by atoms with Crippen molar-refractivity contribution in [2.75, 3.05) is 5.32 Å². The van der Waals surface area contributed by atoms with E-state index in [1.54, 1.807) is 41.5 Å². The van der Waals surface area contributed by atoms with Crippen LogP contribution in [0, 0.1) is 0 Å². The largest absolute Gasteiger partial charge is 0.437 e. The van der Waals surface area contributed by atoms with Gasteiger partial charge in [-0.15, -0.1) is 0 Å². The van der Waals surface area contributed by atoms with Crippen molar-refractivity contribution in [3.05, 3.63) is 80.3 Å². The van der Waals surface area contributed by atoms with Crippen molar-refractivity contribution in [3.63, 3.8) is 0 Å². The average molecular weight is 424 g/mol. The molecular weight excluding hydrogens is 408 g/mol. The van der Waals surface area contributed by atoms with Gasteiger partial charge in [0.15, 0.2) is 11.5 Å². The smallest absolute Gasteiger partial charge is 0.247 e. The number of H-pyrrole nitrogens is 1. The van der Waals surface area contributed by atoms with Crippen molar-refractivity contribution >= 4 is 22.8 Å². The van der Waals surface area contributed by atoms with E-state index in [0.29, 0.717) is 34.3 Å². The molecule has 0 radical (unpaired) electrons. The first-order valence-corrected chi connectivity index (χ1v) is 9.56. The van der Waals surface area contributed by atoms with Gasteiger partial charge in [-0.3, -0.25) is 4.79 Å². The highest BCUT2D eigenvalue weighted by Gasteiger charge is 2.12. The Morgan fingerprint density at radius 2 is 2.12 bits per heavy atom. The van der Waals surface area contributed by atoms with Crippen molar-refractivity contribution < 1.29 is 9.53 Å². The second kappa shape index (κ2) is 8.11. The SMILES string of the molecule is C=CC(=O)Nc1cccc(Oc2cnc3[nH]cc(-c4ccc(-n5cncn5)nc4)c3n2)c1. The van der Waals surface area contributed by atoms with Crippen LogP contribution in [0.15, 0.2) is 80.3 Å². The van der Waals surface area contributed by atoms with Gasteiger partial charge in [0.25, 0.3) is 0 Å². The molecule has 10 heteroatoms. The number of anilines is 1. The Balaban J connectivity index is 1.42. The van der Waals surface area contributed by atoms with Gasteiger partial charge in [-0.05, 0) is 30.3 Å². The summed E-state index contributed by atoms with van der Waals surface area (Å²) in [5, 5.41) is 6.77. The van der Waals surface area contributed by atoms with Gasteiger partial charge in [-0.2, -0.15) is 5.10 Å². The van der Waals surface area contributed by atoms with E-state index in [1.165, 1.54) is 18.6 Å². The molecule has 156 valence electrons. The minimum Gasteiger partial charge on any atom is -0.437 e. The first kappa shape index (κ1) is 19.1. The zero-order valence-corrected chi connectivity index (χ0v) is 16.6. The summed E-state index contributed by atoms with van der Waals surface area (Å²) in [5.74, 6) is 1.18. The Hall–Kier alpha value is -4.86. The normalized spacial score (nSPS) is 10.8. The number of ether oxygens (including phenoxy) is 1. The number of pyridine rings is 1. The molecule has 4 heterocycles.